The van der Waals surface area contributed by atoms with Crippen LogP contribution in [0.15, 0.2) is 65.3 Å². The Hall–Kier alpha value is -3.74. The summed E-state index contributed by atoms with van der Waals surface area (Å²) in [5.74, 6) is -2.18. The van der Waals surface area contributed by atoms with Gasteiger partial charge in [0.05, 0.1) is 17.5 Å². The van der Waals surface area contributed by atoms with E-state index in [0.717, 1.165) is 10.9 Å². The lowest BCUT2D eigenvalue weighted by molar-refractivity contribution is -0.143. The highest BCUT2D eigenvalue weighted by molar-refractivity contribution is 6.03. The number of nitrogens with zero attached hydrogens (tertiary/aromatic N) is 1. The fraction of sp³-hybridized carbons (Fsp3) is 0.0526. The normalized spacial score (nSPS) is 10.8. The number of aromatic nitrogens is 1. The number of nitrogens with one attached hydrogen (secondary N) is 1. The molecule has 26 heavy (non-hydrogen) atoms. The van der Waals surface area contributed by atoms with Crippen LogP contribution in [0.2, 0.25) is 0 Å². The van der Waals surface area contributed by atoms with Crippen LogP contribution in [-0.4, -0.2) is 29.4 Å². The largest absolute Gasteiger partial charge is 0.459 e. The second-order valence-electron chi connectivity index (χ2n) is 5.22. The van der Waals surface area contributed by atoms with Crippen molar-refractivity contribution in [3.8, 4) is 0 Å². The third kappa shape index (κ3) is 4.41. The summed E-state index contributed by atoms with van der Waals surface area (Å²) in [6.45, 7) is -0.583. The highest BCUT2D eigenvalue weighted by atomic mass is 16.5. The minimum Gasteiger partial charge on any atom is -0.459 e. The number of furan rings is 1. The van der Waals surface area contributed by atoms with Crippen LogP contribution in [0.3, 0.4) is 0 Å². The van der Waals surface area contributed by atoms with Crippen LogP contribution in [0.4, 0.5) is 0 Å². The zero-order chi connectivity index (χ0) is 18.4. The second-order valence-corrected chi connectivity index (χ2v) is 5.22. The third-order valence-electron chi connectivity index (χ3n) is 3.35. The Morgan fingerprint density at radius 3 is 2.73 bits per heavy atom. The Kier molecular flexibility index (Phi) is 5.19. The number of fused-ring (bicyclic) bond motifs is 1. The molecular weight excluding hydrogens is 336 g/mol. The molecule has 0 aliphatic carbocycles. The molecule has 2 heterocycles. The molecule has 1 aromatic carbocycles. The van der Waals surface area contributed by atoms with Crippen molar-refractivity contribution in [2.45, 2.75) is 0 Å². The number of imide groups is 1. The van der Waals surface area contributed by atoms with Crippen molar-refractivity contribution in [3.05, 3.63) is 72.3 Å². The lowest BCUT2D eigenvalue weighted by Gasteiger charge is -2.02. The third-order valence-corrected chi connectivity index (χ3v) is 3.35. The van der Waals surface area contributed by atoms with Gasteiger partial charge in [0.2, 0.25) is 0 Å². The van der Waals surface area contributed by atoms with Crippen LogP contribution in [-0.2, 0) is 14.3 Å². The first-order chi connectivity index (χ1) is 12.6. The molecule has 3 rings (SSSR count). The smallest absolute Gasteiger partial charge is 0.331 e. The first kappa shape index (κ1) is 17.1. The van der Waals surface area contributed by atoms with Crippen molar-refractivity contribution >= 4 is 34.8 Å². The Labute approximate surface area is 148 Å². The molecule has 0 saturated carbocycles. The van der Waals surface area contributed by atoms with E-state index in [2.05, 4.69) is 4.98 Å². The van der Waals surface area contributed by atoms with Gasteiger partial charge < -0.3 is 9.15 Å². The number of amides is 2. The monoisotopic (exact) mass is 350 g/mol. The van der Waals surface area contributed by atoms with Crippen molar-refractivity contribution in [1.82, 2.24) is 10.3 Å². The molecule has 0 fully saturated rings. The van der Waals surface area contributed by atoms with E-state index in [9.17, 15) is 14.4 Å². The van der Waals surface area contributed by atoms with Gasteiger partial charge in [-0.1, -0.05) is 24.3 Å². The molecule has 0 bridgehead atoms. The van der Waals surface area contributed by atoms with Crippen LogP contribution in [0.5, 0.6) is 0 Å². The molecule has 7 heteroatoms. The van der Waals surface area contributed by atoms with Gasteiger partial charge in [-0.2, -0.15) is 0 Å². The van der Waals surface area contributed by atoms with Crippen LogP contribution in [0.25, 0.3) is 17.0 Å². The Morgan fingerprint density at radius 2 is 1.92 bits per heavy atom. The van der Waals surface area contributed by atoms with Crippen LogP contribution >= 0.6 is 0 Å². The number of ether oxygens (including phenoxy) is 1. The molecule has 0 radical (unpaired) electrons. The van der Waals surface area contributed by atoms with Crippen molar-refractivity contribution in [1.29, 1.82) is 0 Å². The van der Waals surface area contributed by atoms with Gasteiger partial charge >= 0.3 is 5.97 Å². The molecule has 2 aromatic heterocycles. The van der Waals surface area contributed by atoms with Crippen LogP contribution in [0, 0.1) is 0 Å². The van der Waals surface area contributed by atoms with E-state index in [4.69, 9.17) is 9.15 Å². The fourth-order valence-electron chi connectivity index (χ4n) is 2.14. The average Bonchev–Trinajstić information content (AvgIpc) is 3.19. The van der Waals surface area contributed by atoms with Crippen LogP contribution in [0.1, 0.15) is 16.2 Å². The first-order valence-electron chi connectivity index (χ1n) is 7.70. The van der Waals surface area contributed by atoms with Gasteiger partial charge in [0.25, 0.3) is 11.8 Å². The summed E-state index contributed by atoms with van der Waals surface area (Å²) in [6.07, 6.45) is 3.96. The standard InChI is InChI=1S/C19H14N2O5/c22-17(21-19(24)16-6-3-11-25-16)12-26-18(23)10-9-14-8-7-13-4-1-2-5-15(13)20-14/h1-11H,12H2,(H,21,22,24)/b10-9+. The number of esters is 1. The van der Waals surface area contributed by atoms with Crippen molar-refractivity contribution in [2.24, 2.45) is 0 Å². The highest BCUT2D eigenvalue weighted by Gasteiger charge is 2.13. The SMILES string of the molecule is O=C(COC(=O)/C=C/c1ccc2ccccc2n1)NC(=O)c1ccco1. The molecule has 0 aliphatic heterocycles. The van der Waals surface area contributed by atoms with E-state index in [0.29, 0.717) is 5.69 Å². The number of carbonyl (C=O) groups excluding carboxylic acids is 3. The predicted octanol–water partition coefficient (Wildman–Crippen LogP) is 2.34. The number of rotatable bonds is 5. The summed E-state index contributed by atoms with van der Waals surface area (Å²) in [5, 5.41) is 3.04. The van der Waals surface area contributed by atoms with Gasteiger partial charge in [-0.25, -0.2) is 9.78 Å². The molecule has 130 valence electrons. The Balaban J connectivity index is 1.50. The van der Waals surface area contributed by atoms with Gasteiger partial charge in [-0.3, -0.25) is 14.9 Å². The number of hydrogen-bond acceptors (Lipinski definition) is 6. The fourth-order valence-corrected chi connectivity index (χ4v) is 2.14. The number of pyridine rings is 1. The molecule has 0 aliphatic rings. The van der Waals surface area contributed by atoms with Crippen molar-refractivity contribution < 1.29 is 23.5 Å². The molecule has 2 amide bonds. The van der Waals surface area contributed by atoms with Gasteiger partial charge in [0.15, 0.2) is 12.4 Å². The summed E-state index contributed by atoms with van der Waals surface area (Å²) >= 11 is 0. The summed E-state index contributed by atoms with van der Waals surface area (Å²) in [7, 11) is 0. The van der Waals surface area contributed by atoms with E-state index in [1.807, 2.05) is 35.6 Å². The topological polar surface area (TPSA) is 98.5 Å². The van der Waals surface area contributed by atoms with Crippen molar-refractivity contribution in [2.75, 3.05) is 6.61 Å². The molecule has 0 spiro atoms. The lowest BCUT2D eigenvalue weighted by atomic mass is 10.2. The van der Waals surface area contributed by atoms with E-state index in [1.54, 1.807) is 6.07 Å². The molecule has 0 unspecified atom stereocenters. The van der Waals surface area contributed by atoms with Gasteiger partial charge in [-0.05, 0) is 30.3 Å². The van der Waals surface area contributed by atoms with E-state index >= 15 is 0 Å². The number of hydrogen-bond donors (Lipinski definition) is 1. The summed E-state index contributed by atoms with van der Waals surface area (Å²) < 4.78 is 9.63. The Morgan fingerprint density at radius 1 is 1.08 bits per heavy atom. The average molecular weight is 350 g/mol. The molecule has 0 atom stereocenters. The second kappa shape index (κ2) is 7.89. The maximum absolute atomic E-state index is 11.7. The molecular formula is C19H14N2O5. The van der Waals surface area contributed by atoms with E-state index in [-0.39, 0.29) is 5.76 Å². The summed E-state index contributed by atoms with van der Waals surface area (Å²) in [6, 6.07) is 14.2. The number of carbonyl (C=O) groups is 3. The maximum Gasteiger partial charge on any atom is 0.331 e. The summed E-state index contributed by atoms with van der Waals surface area (Å²) in [4.78, 5) is 39.2. The Bertz CT molecular complexity index is 977. The minimum atomic E-state index is -0.753. The highest BCUT2D eigenvalue weighted by Crippen LogP contribution is 2.12. The lowest BCUT2D eigenvalue weighted by Crippen LogP contribution is -2.33. The van der Waals surface area contributed by atoms with E-state index < -0.39 is 24.4 Å². The maximum atomic E-state index is 11.7. The zero-order valence-electron chi connectivity index (χ0n) is 13.5. The molecule has 3 aromatic rings. The first-order valence-corrected chi connectivity index (χ1v) is 7.70. The van der Waals surface area contributed by atoms with E-state index in [1.165, 1.54) is 30.5 Å². The van der Waals surface area contributed by atoms with Gasteiger partial charge in [0, 0.05) is 11.5 Å². The summed E-state index contributed by atoms with van der Waals surface area (Å²) in [5.41, 5.74) is 1.39. The molecule has 1 N–H and O–H groups in total. The molecule has 0 saturated heterocycles. The quantitative estimate of drug-likeness (QED) is 0.560. The number of para-hydroxylation sites is 1. The van der Waals surface area contributed by atoms with Crippen molar-refractivity contribution in [3.63, 3.8) is 0 Å². The molecule has 7 nitrogen and oxygen atoms in total. The van der Waals surface area contributed by atoms with Gasteiger partial charge in [0.1, 0.15) is 0 Å². The van der Waals surface area contributed by atoms with Gasteiger partial charge in [-0.15, -0.1) is 0 Å². The number of benzene rings is 1. The van der Waals surface area contributed by atoms with Crippen LogP contribution < -0.4 is 5.32 Å². The zero-order valence-corrected chi connectivity index (χ0v) is 13.5. The predicted molar refractivity (Wildman–Crippen MR) is 92.9 cm³/mol. The minimum absolute atomic E-state index is 0.00745.